The number of carboxylic acid groups (broad SMARTS) is 1. The van der Waals surface area contributed by atoms with Crippen molar-refractivity contribution in [3.05, 3.63) is 33.9 Å². The third-order valence-electron chi connectivity index (χ3n) is 4.00. The minimum atomic E-state index is -1.11. The summed E-state index contributed by atoms with van der Waals surface area (Å²) in [4.78, 5) is 22.2. The number of hydrogen-bond acceptors (Lipinski definition) is 6. The number of fused-ring (bicyclic) bond motifs is 1. The molecule has 0 radical (unpaired) electrons. The molecule has 0 atom stereocenters. The maximum atomic E-state index is 12.6. The van der Waals surface area contributed by atoms with Crippen LogP contribution in [0, 0.1) is 6.92 Å². The van der Waals surface area contributed by atoms with Crippen LogP contribution in [0.25, 0.3) is 0 Å². The van der Waals surface area contributed by atoms with E-state index in [1.165, 1.54) is 7.11 Å². The van der Waals surface area contributed by atoms with Crippen LogP contribution in [0.5, 0.6) is 11.5 Å². The van der Waals surface area contributed by atoms with E-state index in [-0.39, 0.29) is 89.9 Å². The predicted octanol–water partition coefficient (Wildman–Crippen LogP) is -5.23. The van der Waals surface area contributed by atoms with Crippen molar-refractivity contribution in [3.8, 4) is 11.5 Å². The normalized spacial score (nSPS) is 12.6. The van der Waals surface area contributed by atoms with Crippen LogP contribution in [0.3, 0.4) is 0 Å². The number of carbonyl (C=O) groups is 2. The fraction of sp³-hybridized carbons (Fsp3) is 0.412. The Morgan fingerprint density at radius 1 is 1.32 bits per heavy atom. The predicted molar refractivity (Wildman–Crippen MR) is 78.0 cm³/mol. The molecule has 124 valence electrons. The summed E-state index contributed by atoms with van der Waals surface area (Å²) in [6, 6.07) is 0. The van der Waals surface area contributed by atoms with E-state index in [1.54, 1.807) is 19.9 Å². The molecule has 2 rings (SSSR count). The fourth-order valence-electron chi connectivity index (χ4n) is 2.69. The number of allylic oxidation sites excluding steroid dienone is 2. The Morgan fingerprint density at radius 2 is 1.96 bits per heavy atom. The average Bonchev–Trinajstić information content (AvgIpc) is 2.89. The Balaban J connectivity index is 0.00000288. The minimum absolute atomic E-state index is 0. The van der Waals surface area contributed by atoms with Crippen LogP contribution in [-0.4, -0.2) is 19.0 Å². The van der Waals surface area contributed by atoms with Crippen molar-refractivity contribution in [2.45, 2.75) is 39.7 Å². The topological polar surface area (TPSA) is 98.7 Å². The van der Waals surface area contributed by atoms with E-state index in [9.17, 15) is 19.8 Å². The van der Waals surface area contributed by atoms with Gasteiger partial charge in [-0.15, -0.1) is 0 Å². The first-order valence-corrected chi connectivity index (χ1v) is 7.28. The van der Waals surface area contributed by atoms with Crippen LogP contribution in [0.15, 0.2) is 11.6 Å². The number of ether oxygens (including phenoxy) is 2. The first kappa shape index (κ1) is 24.5. The Labute approximate surface area is 191 Å². The summed E-state index contributed by atoms with van der Waals surface area (Å²) < 4.78 is 10.3. The van der Waals surface area contributed by atoms with Crippen molar-refractivity contribution < 1.29 is 88.4 Å². The zero-order valence-electron chi connectivity index (χ0n) is 15.4. The van der Waals surface area contributed by atoms with Crippen molar-refractivity contribution in [1.29, 1.82) is 0 Å². The molecule has 0 bridgehead atoms. The zero-order valence-corrected chi connectivity index (χ0v) is 19.4. The SMILES string of the molecule is COc1c(C)c2c(c([O-])c1C/C=C(\C)CCC(=O)[O-])C(=O)OC2.[Na+].[Na+]. The Hall–Kier alpha value is -0.500. The second-order valence-electron chi connectivity index (χ2n) is 5.52. The van der Waals surface area contributed by atoms with Crippen LogP contribution in [-0.2, 0) is 22.6 Å². The number of cyclic esters (lactones) is 1. The van der Waals surface area contributed by atoms with Crippen LogP contribution < -0.4 is 74.1 Å². The summed E-state index contributed by atoms with van der Waals surface area (Å²) in [6.45, 7) is 3.66. The molecule has 1 aliphatic rings. The summed E-state index contributed by atoms with van der Waals surface area (Å²) in [7, 11) is 1.47. The summed E-state index contributed by atoms with van der Waals surface area (Å²) in [5, 5.41) is 23.0. The number of methoxy groups -OCH3 is 1. The van der Waals surface area contributed by atoms with Crippen molar-refractivity contribution in [2.75, 3.05) is 7.11 Å². The molecule has 0 N–H and O–H groups in total. The first-order valence-electron chi connectivity index (χ1n) is 7.28. The van der Waals surface area contributed by atoms with Gasteiger partial charge in [-0.1, -0.05) is 17.4 Å². The standard InChI is InChI=1S/C17H20O6.2Na/c1-9(5-7-13(18)19)4-6-11-15(20)14-12(8-23-17(14)21)10(2)16(11)22-3;;/h4,20H,5-8H2,1-3H3,(H,18,19);;/q;2*+1/p-2/b9-4+;;. The molecular weight excluding hydrogens is 346 g/mol. The number of carbonyl (C=O) groups excluding carboxylic acids is 2. The van der Waals surface area contributed by atoms with E-state index in [4.69, 9.17) is 9.47 Å². The van der Waals surface area contributed by atoms with Gasteiger partial charge in [0.25, 0.3) is 0 Å². The third kappa shape index (κ3) is 5.49. The van der Waals surface area contributed by atoms with Gasteiger partial charge in [-0.25, -0.2) is 4.79 Å². The molecule has 8 heteroatoms. The first-order chi connectivity index (χ1) is 10.9. The van der Waals surface area contributed by atoms with Gasteiger partial charge in [-0.3, -0.25) is 0 Å². The van der Waals surface area contributed by atoms with Crippen molar-refractivity contribution in [3.63, 3.8) is 0 Å². The number of hydrogen-bond donors (Lipinski definition) is 0. The van der Waals surface area contributed by atoms with E-state index >= 15 is 0 Å². The van der Waals surface area contributed by atoms with Gasteiger partial charge in [0, 0.05) is 11.5 Å². The van der Waals surface area contributed by atoms with Crippen LogP contribution in [0.1, 0.15) is 46.8 Å². The molecular formula is C17H18Na2O6. The summed E-state index contributed by atoms with van der Waals surface area (Å²) >= 11 is 0. The van der Waals surface area contributed by atoms with Gasteiger partial charge in [0.05, 0.1) is 12.7 Å². The van der Waals surface area contributed by atoms with E-state index in [1.807, 2.05) is 0 Å². The van der Waals surface area contributed by atoms with Gasteiger partial charge in [-0.05, 0) is 44.2 Å². The number of carboxylic acids is 1. The Morgan fingerprint density at radius 3 is 2.52 bits per heavy atom. The number of aliphatic carboxylic acids is 1. The largest absolute Gasteiger partial charge is 1.00 e. The number of rotatable bonds is 6. The molecule has 6 nitrogen and oxygen atoms in total. The van der Waals surface area contributed by atoms with Gasteiger partial charge in [0.2, 0.25) is 0 Å². The molecule has 0 saturated heterocycles. The van der Waals surface area contributed by atoms with E-state index in [2.05, 4.69) is 0 Å². The van der Waals surface area contributed by atoms with E-state index in [0.717, 1.165) is 11.1 Å². The van der Waals surface area contributed by atoms with Gasteiger partial charge in [0.1, 0.15) is 12.4 Å². The summed E-state index contributed by atoms with van der Waals surface area (Å²) in [6.07, 6.45) is 2.32. The molecule has 0 amide bonds. The van der Waals surface area contributed by atoms with Crippen molar-refractivity contribution >= 4 is 11.9 Å². The van der Waals surface area contributed by atoms with Crippen molar-refractivity contribution in [1.82, 2.24) is 0 Å². The van der Waals surface area contributed by atoms with Gasteiger partial charge < -0.3 is 24.5 Å². The van der Waals surface area contributed by atoms with E-state index < -0.39 is 11.9 Å². The molecule has 1 heterocycles. The molecule has 1 aromatic rings. The molecule has 0 aromatic heterocycles. The van der Waals surface area contributed by atoms with Gasteiger partial charge in [-0.2, -0.15) is 0 Å². The average molecular weight is 364 g/mol. The second-order valence-corrected chi connectivity index (χ2v) is 5.52. The monoisotopic (exact) mass is 364 g/mol. The molecule has 1 aliphatic heterocycles. The molecule has 0 fully saturated rings. The summed E-state index contributed by atoms with van der Waals surface area (Å²) in [5.74, 6) is -1.64. The fourth-order valence-corrected chi connectivity index (χ4v) is 2.69. The smallest absolute Gasteiger partial charge is 0.872 e. The Kier molecular flexibility index (Phi) is 10.4. The molecule has 0 saturated carbocycles. The number of benzene rings is 1. The van der Waals surface area contributed by atoms with Crippen LogP contribution in [0.2, 0.25) is 0 Å². The summed E-state index contributed by atoms with van der Waals surface area (Å²) in [5.41, 5.74) is 2.60. The number of esters is 1. The third-order valence-corrected chi connectivity index (χ3v) is 4.00. The van der Waals surface area contributed by atoms with Gasteiger partial charge >= 0.3 is 65.1 Å². The quantitative estimate of drug-likeness (QED) is 0.284. The maximum absolute atomic E-state index is 12.6. The molecule has 0 aliphatic carbocycles. The van der Waals surface area contributed by atoms with Crippen LogP contribution in [0.4, 0.5) is 0 Å². The minimum Gasteiger partial charge on any atom is -0.872 e. The molecule has 25 heavy (non-hydrogen) atoms. The van der Waals surface area contributed by atoms with Crippen LogP contribution >= 0.6 is 0 Å². The van der Waals surface area contributed by atoms with Gasteiger partial charge in [0.15, 0.2) is 0 Å². The van der Waals surface area contributed by atoms with E-state index in [0.29, 0.717) is 23.3 Å². The van der Waals surface area contributed by atoms with Crippen molar-refractivity contribution in [2.24, 2.45) is 0 Å². The zero-order chi connectivity index (χ0) is 17.1. The maximum Gasteiger partial charge on any atom is 1.00 e. The molecule has 1 aromatic carbocycles. The Bertz CT molecular complexity index is 697. The molecule has 0 unspecified atom stereocenters. The second kappa shape index (κ2) is 10.6. The molecule has 0 spiro atoms.